The van der Waals surface area contributed by atoms with Gasteiger partial charge in [0.1, 0.15) is 0 Å². The van der Waals surface area contributed by atoms with Crippen LogP contribution in [-0.2, 0) is 0 Å². The van der Waals surface area contributed by atoms with Crippen LogP contribution >= 0.6 is 11.8 Å². The number of thioether (sulfide) groups is 1. The third-order valence-corrected chi connectivity index (χ3v) is 3.40. The van der Waals surface area contributed by atoms with Gasteiger partial charge in [-0.3, -0.25) is 0 Å². The maximum atomic E-state index is 8.63. The molecule has 0 spiro atoms. The smallest absolute Gasteiger partial charge is 0.0454 e. The van der Waals surface area contributed by atoms with Gasteiger partial charge >= 0.3 is 0 Å². The van der Waals surface area contributed by atoms with E-state index < -0.39 is 0 Å². The fourth-order valence-corrected chi connectivity index (χ4v) is 2.33. The Morgan fingerprint density at radius 3 is 2.73 bits per heavy atom. The number of nitrogen functional groups attached to an aromatic ring is 1. The number of hydrogen-bond acceptors (Lipinski definition) is 3. The van der Waals surface area contributed by atoms with Gasteiger partial charge in [-0.1, -0.05) is 12.5 Å². The van der Waals surface area contributed by atoms with Crippen molar-refractivity contribution in [2.75, 3.05) is 18.1 Å². The lowest BCUT2D eigenvalue weighted by Crippen LogP contribution is -1.91. The number of nitrogens with two attached hydrogens (primary N) is 1. The van der Waals surface area contributed by atoms with E-state index in [1.54, 1.807) is 11.8 Å². The van der Waals surface area contributed by atoms with Gasteiger partial charge in [0.2, 0.25) is 0 Å². The summed E-state index contributed by atoms with van der Waals surface area (Å²) in [5, 5.41) is 8.63. The van der Waals surface area contributed by atoms with E-state index in [1.807, 2.05) is 13.0 Å². The van der Waals surface area contributed by atoms with Crippen LogP contribution < -0.4 is 5.73 Å². The molecule has 1 aromatic carbocycles. The van der Waals surface area contributed by atoms with Crippen molar-refractivity contribution >= 4 is 17.4 Å². The van der Waals surface area contributed by atoms with Gasteiger partial charge in [0.25, 0.3) is 0 Å². The second-order valence-electron chi connectivity index (χ2n) is 3.67. The van der Waals surface area contributed by atoms with Crippen molar-refractivity contribution in [2.45, 2.75) is 31.1 Å². The molecule has 0 aliphatic heterocycles. The van der Waals surface area contributed by atoms with E-state index in [1.165, 1.54) is 10.5 Å². The van der Waals surface area contributed by atoms with Gasteiger partial charge in [-0.15, -0.1) is 11.8 Å². The van der Waals surface area contributed by atoms with Gasteiger partial charge in [0.15, 0.2) is 0 Å². The van der Waals surface area contributed by atoms with E-state index in [9.17, 15) is 0 Å². The van der Waals surface area contributed by atoms with E-state index in [2.05, 4.69) is 12.1 Å². The molecule has 84 valence electrons. The first-order valence-corrected chi connectivity index (χ1v) is 6.32. The van der Waals surface area contributed by atoms with E-state index in [0.29, 0.717) is 6.61 Å². The zero-order valence-corrected chi connectivity index (χ0v) is 10.0. The average molecular weight is 225 g/mol. The number of hydrogen-bond donors (Lipinski definition) is 2. The van der Waals surface area contributed by atoms with Crippen molar-refractivity contribution < 1.29 is 5.11 Å². The average Bonchev–Trinajstić information content (AvgIpc) is 2.20. The van der Waals surface area contributed by atoms with Crippen LogP contribution in [0.3, 0.4) is 0 Å². The molecular weight excluding hydrogens is 206 g/mol. The molecule has 0 aliphatic carbocycles. The minimum absolute atomic E-state index is 0.303. The number of aliphatic hydroxyl groups is 1. The van der Waals surface area contributed by atoms with E-state index in [-0.39, 0.29) is 0 Å². The summed E-state index contributed by atoms with van der Waals surface area (Å²) in [5.41, 5.74) is 7.98. The third kappa shape index (κ3) is 4.58. The SMILES string of the molecule is Cc1ccc(SCCCCCO)c(N)c1. The van der Waals surface area contributed by atoms with Crippen LogP contribution in [0.15, 0.2) is 23.1 Å². The molecule has 0 atom stereocenters. The van der Waals surface area contributed by atoms with Gasteiger partial charge in [-0.25, -0.2) is 0 Å². The standard InChI is InChI=1S/C12H19NOS/c1-10-5-6-12(11(13)9-10)15-8-4-2-3-7-14/h5-6,9,14H,2-4,7-8,13H2,1H3. The van der Waals surface area contributed by atoms with Crippen LogP contribution in [0.2, 0.25) is 0 Å². The number of anilines is 1. The maximum absolute atomic E-state index is 8.63. The molecule has 1 aromatic rings. The molecule has 0 bridgehead atoms. The topological polar surface area (TPSA) is 46.2 Å². The normalized spacial score (nSPS) is 10.5. The largest absolute Gasteiger partial charge is 0.398 e. The second kappa shape index (κ2) is 6.75. The van der Waals surface area contributed by atoms with Gasteiger partial charge in [-0.2, -0.15) is 0 Å². The van der Waals surface area contributed by atoms with Gasteiger partial charge in [0.05, 0.1) is 0 Å². The summed E-state index contributed by atoms with van der Waals surface area (Å²) in [7, 11) is 0. The number of aliphatic hydroxyl groups excluding tert-OH is 1. The summed E-state index contributed by atoms with van der Waals surface area (Å²) in [6.07, 6.45) is 3.14. The van der Waals surface area contributed by atoms with Gasteiger partial charge in [0, 0.05) is 17.2 Å². The highest BCUT2D eigenvalue weighted by Gasteiger charge is 1.99. The number of aryl methyl sites for hydroxylation is 1. The highest BCUT2D eigenvalue weighted by molar-refractivity contribution is 7.99. The molecule has 0 aliphatic rings. The Bertz CT molecular complexity index is 302. The fraction of sp³-hybridized carbons (Fsp3) is 0.500. The Labute approximate surface area is 95.9 Å². The number of benzene rings is 1. The molecular formula is C12H19NOS. The molecule has 2 nitrogen and oxygen atoms in total. The van der Waals surface area contributed by atoms with Crippen LogP contribution in [0, 0.1) is 6.92 Å². The molecule has 0 amide bonds. The zero-order chi connectivity index (χ0) is 11.1. The Morgan fingerprint density at radius 1 is 1.27 bits per heavy atom. The molecule has 3 N–H and O–H groups in total. The summed E-state index contributed by atoms with van der Waals surface area (Å²) < 4.78 is 0. The quantitative estimate of drug-likeness (QED) is 0.444. The van der Waals surface area contributed by atoms with Crippen molar-refractivity contribution in [3.8, 4) is 0 Å². The maximum Gasteiger partial charge on any atom is 0.0454 e. The predicted molar refractivity (Wildman–Crippen MR) is 67.3 cm³/mol. The van der Waals surface area contributed by atoms with Crippen molar-refractivity contribution in [3.63, 3.8) is 0 Å². The van der Waals surface area contributed by atoms with Crippen molar-refractivity contribution in [1.82, 2.24) is 0 Å². The van der Waals surface area contributed by atoms with Crippen LogP contribution in [-0.4, -0.2) is 17.5 Å². The first kappa shape index (κ1) is 12.4. The highest BCUT2D eigenvalue weighted by Crippen LogP contribution is 2.26. The Morgan fingerprint density at radius 2 is 2.07 bits per heavy atom. The summed E-state index contributed by atoms with van der Waals surface area (Å²) in [6.45, 7) is 2.35. The van der Waals surface area contributed by atoms with E-state index >= 15 is 0 Å². The minimum Gasteiger partial charge on any atom is -0.398 e. The summed E-state index contributed by atoms with van der Waals surface area (Å²) in [6, 6.07) is 6.18. The number of unbranched alkanes of at least 4 members (excludes halogenated alkanes) is 2. The number of rotatable bonds is 6. The fourth-order valence-electron chi connectivity index (χ4n) is 1.37. The van der Waals surface area contributed by atoms with Crippen LogP contribution in [0.5, 0.6) is 0 Å². The van der Waals surface area contributed by atoms with Crippen LogP contribution in [0.1, 0.15) is 24.8 Å². The molecule has 0 saturated heterocycles. The summed E-state index contributed by atoms with van der Waals surface area (Å²) in [4.78, 5) is 1.17. The molecule has 0 radical (unpaired) electrons. The van der Waals surface area contributed by atoms with E-state index in [4.69, 9.17) is 10.8 Å². The highest BCUT2D eigenvalue weighted by atomic mass is 32.2. The second-order valence-corrected chi connectivity index (χ2v) is 4.81. The molecule has 0 saturated carbocycles. The first-order chi connectivity index (χ1) is 7.24. The van der Waals surface area contributed by atoms with Crippen molar-refractivity contribution in [3.05, 3.63) is 23.8 Å². The predicted octanol–water partition coefficient (Wildman–Crippen LogP) is 2.83. The molecule has 0 fully saturated rings. The van der Waals surface area contributed by atoms with E-state index in [0.717, 1.165) is 30.7 Å². The first-order valence-electron chi connectivity index (χ1n) is 5.34. The van der Waals surface area contributed by atoms with Crippen LogP contribution in [0.25, 0.3) is 0 Å². The Kier molecular flexibility index (Phi) is 5.58. The molecule has 15 heavy (non-hydrogen) atoms. The molecule has 3 heteroatoms. The lowest BCUT2D eigenvalue weighted by Gasteiger charge is -2.05. The summed E-state index contributed by atoms with van der Waals surface area (Å²) >= 11 is 1.80. The third-order valence-electron chi connectivity index (χ3n) is 2.23. The summed E-state index contributed by atoms with van der Waals surface area (Å²) in [5.74, 6) is 1.08. The zero-order valence-electron chi connectivity index (χ0n) is 9.20. The van der Waals surface area contributed by atoms with Gasteiger partial charge < -0.3 is 10.8 Å². The molecule has 1 rings (SSSR count). The monoisotopic (exact) mass is 225 g/mol. The lowest BCUT2D eigenvalue weighted by atomic mass is 10.2. The lowest BCUT2D eigenvalue weighted by molar-refractivity contribution is 0.284. The Balaban J connectivity index is 2.31. The molecule has 0 aromatic heterocycles. The Hall–Kier alpha value is -0.670. The molecule has 0 heterocycles. The van der Waals surface area contributed by atoms with Crippen molar-refractivity contribution in [2.24, 2.45) is 0 Å². The molecule has 0 unspecified atom stereocenters. The van der Waals surface area contributed by atoms with Crippen molar-refractivity contribution in [1.29, 1.82) is 0 Å². The minimum atomic E-state index is 0.303. The van der Waals surface area contributed by atoms with Crippen LogP contribution in [0.4, 0.5) is 5.69 Å². The van der Waals surface area contributed by atoms with Gasteiger partial charge in [-0.05, 0) is 43.2 Å².